The maximum atomic E-state index is 14.1. The van der Waals surface area contributed by atoms with Crippen LogP contribution in [0.1, 0.15) is 41.4 Å². The number of nitrogens with one attached hydrogen (secondary N) is 1. The second-order valence-electron chi connectivity index (χ2n) is 9.20. The minimum absolute atomic E-state index is 0.00975. The van der Waals surface area contributed by atoms with Crippen LogP contribution in [-0.4, -0.2) is 78.5 Å². The van der Waals surface area contributed by atoms with E-state index in [1.165, 1.54) is 17.0 Å². The quantitative estimate of drug-likeness (QED) is 0.579. The minimum atomic E-state index is -0.829. The number of piperazine rings is 1. The van der Waals surface area contributed by atoms with Crippen LogP contribution in [0.2, 0.25) is 0 Å². The molecule has 0 saturated carbocycles. The maximum Gasteiger partial charge on any atom is 0.338 e. The van der Waals surface area contributed by atoms with Crippen LogP contribution < -0.4 is 5.32 Å². The molecule has 1 N–H and O–H groups in total. The Morgan fingerprint density at radius 1 is 1.05 bits per heavy atom. The Bertz CT molecular complexity index is 1190. The highest BCUT2D eigenvalue weighted by atomic mass is 19.1. The molecular formula is C28H33FN4O4. The fraction of sp³-hybridized carbons (Fsp3) is 0.393. The number of ether oxygens (including phenoxy) is 1. The van der Waals surface area contributed by atoms with Gasteiger partial charge in [-0.05, 0) is 50.6 Å². The van der Waals surface area contributed by atoms with Crippen LogP contribution in [0.3, 0.4) is 0 Å². The lowest BCUT2D eigenvalue weighted by atomic mass is 9.94. The van der Waals surface area contributed by atoms with Crippen molar-refractivity contribution in [2.24, 2.45) is 0 Å². The molecule has 2 aromatic rings. The molecule has 0 aliphatic carbocycles. The third-order valence-corrected chi connectivity index (χ3v) is 6.76. The normalized spacial score (nSPS) is 18.6. The molecule has 37 heavy (non-hydrogen) atoms. The van der Waals surface area contributed by atoms with E-state index >= 15 is 0 Å². The van der Waals surface area contributed by atoms with Crippen LogP contribution in [-0.2, 0) is 9.53 Å². The first-order chi connectivity index (χ1) is 17.8. The van der Waals surface area contributed by atoms with Crippen LogP contribution in [0.15, 0.2) is 59.8 Å². The van der Waals surface area contributed by atoms with E-state index in [4.69, 9.17) is 4.74 Å². The third kappa shape index (κ3) is 5.83. The Kier molecular flexibility index (Phi) is 8.23. The first-order valence-corrected chi connectivity index (χ1v) is 12.6. The highest BCUT2D eigenvalue weighted by Gasteiger charge is 2.38. The molecule has 3 amide bonds. The average Bonchev–Trinajstić information content (AvgIpc) is 2.89. The number of rotatable bonds is 7. The van der Waals surface area contributed by atoms with Gasteiger partial charge in [0.1, 0.15) is 5.82 Å². The standard InChI is InChI=1S/C28H33FN4O4/c1-4-33-23(18-31-13-15-32(16-14-31)26(34)20-11-9-19(3)10-12-20)24(27(35)37-5-2)25(30-28(33)36)21-7-6-8-22(29)17-21/h6-12,17,25H,4-5,13-16,18H2,1-3H3,(H,30,36). The molecule has 1 unspecified atom stereocenters. The lowest BCUT2D eigenvalue weighted by Gasteiger charge is -2.40. The van der Waals surface area contributed by atoms with Crippen molar-refractivity contribution < 1.29 is 23.5 Å². The minimum Gasteiger partial charge on any atom is -0.463 e. The molecule has 4 rings (SSSR count). The van der Waals surface area contributed by atoms with Crippen molar-refractivity contribution in [3.8, 4) is 0 Å². The summed E-state index contributed by atoms with van der Waals surface area (Å²) in [7, 11) is 0. The summed E-state index contributed by atoms with van der Waals surface area (Å²) in [4.78, 5) is 44.7. The fourth-order valence-electron chi connectivity index (χ4n) is 4.79. The van der Waals surface area contributed by atoms with Crippen molar-refractivity contribution in [1.29, 1.82) is 0 Å². The van der Waals surface area contributed by atoms with Gasteiger partial charge < -0.3 is 15.0 Å². The molecule has 2 aliphatic heterocycles. The van der Waals surface area contributed by atoms with Crippen molar-refractivity contribution in [2.45, 2.75) is 26.8 Å². The van der Waals surface area contributed by atoms with Crippen LogP contribution in [0.25, 0.3) is 0 Å². The molecule has 2 heterocycles. The number of amides is 3. The number of carbonyl (C=O) groups excluding carboxylic acids is 3. The van der Waals surface area contributed by atoms with Gasteiger partial charge in [0.2, 0.25) is 0 Å². The number of benzene rings is 2. The van der Waals surface area contributed by atoms with Crippen LogP contribution in [0, 0.1) is 12.7 Å². The molecule has 1 fully saturated rings. The van der Waals surface area contributed by atoms with Gasteiger partial charge >= 0.3 is 12.0 Å². The van der Waals surface area contributed by atoms with E-state index in [0.717, 1.165) is 5.56 Å². The van der Waals surface area contributed by atoms with Crippen molar-refractivity contribution in [1.82, 2.24) is 20.0 Å². The molecule has 0 radical (unpaired) electrons. The van der Waals surface area contributed by atoms with E-state index in [2.05, 4.69) is 10.2 Å². The van der Waals surface area contributed by atoms with E-state index in [9.17, 15) is 18.8 Å². The summed E-state index contributed by atoms with van der Waals surface area (Å²) in [6.07, 6.45) is 0. The SMILES string of the molecule is CCOC(=O)C1=C(CN2CCN(C(=O)c3ccc(C)cc3)CC2)N(CC)C(=O)NC1c1cccc(F)c1. The number of esters is 1. The topological polar surface area (TPSA) is 82.2 Å². The Balaban J connectivity index is 1.59. The summed E-state index contributed by atoms with van der Waals surface area (Å²) in [5.74, 6) is -1.01. The van der Waals surface area contributed by atoms with Crippen molar-refractivity contribution in [3.63, 3.8) is 0 Å². The van der Waals surface area contributed by atoms with Gasteiger partial charge in [-0.1, -0.05) is 29.8 Å². The van der Waals surface area contributed by atoms with Crippen LogP contribution >= 0.6 is 0 Å². The fourth-order valence-corrected chi connectivity index (χ4v) is 4.79. The van der Waals surface area contributed by atoms with E-state index in [1.54, 1.807) is 19.1 Å². The zero-order valence-corrected chi connectivity index (χ0v) is 21.5. The Morgan fingerprint density at radius 3 is 2.38 bits per heavy atom. The van der Waals surface area contributed by atoms with Crippen LogP contribution in [0.4, 0.5) is 9.18 Å². The number of hydrogen-bond acceptors (Lipinski definition) is 5. The molecule has 0 spiro atoms. The van der Waals surface area contributed by atoms with Crippen molar-refractivity contribution in [2.75, 3.05) is 45.9 Å². The zero-order chi connectivity index (χ0) is 26.5. The van der Waals surface area contributed by atoms with E-state index in [1.807, 2.05) is 43.0 Å². The molecule has 8 nitrogen and oxygen atoms in total. The monoisotopic (exact) mass is 508 g/mol. The lowest BCUT2D eigenvalue weighted by molar-refractivity contribution is -0.139. The molecular weight excluding hydrogens is 475 g/mol. The average molecular weight is 509 g/mol. The van der Waals surface area contributed by atoms with Gasteiger partial charge in [-0.15, -0.1) is 0 Å². The highest BCUT2D eigenvalue weighted by Crippen LogP contribution is 2.32. The summed E-state index contributed by atoms with van der Waals surface area (Å²) in [6.45, 7) is 8.62. The van der Waals surface area contributed by atoms with Gasteiger partial charge in [-0.25, -0.2) is 14.0 Å². The zero-order valence-electron chi connectivity index (χ0n) is 21.5. The smallest absolute Gasteiger partial charge is 0.338 e. The lowest BCUT2D eigenvalue weighted by Crippen LogP contribution is -2.53. The van der Waals surface area contributed by atoms with E-state index in [0.29, 0.717) is 61.7 Å². The number of likely N-dealkylation sites (N-methyl/N-ethyl adjacent to an activating group) is 1. The number of hydrogen-bond donors (Lipinski definition) is 1. The first kappa shape index (κ1) is 26.3. The Hall–Kier alpha value is -3.72. The molecule has 1 atom stereocenters. The number of nitrogens with zero attached hydrogens (tertiary/aromatic N) is 3. The molecule has 1 saturated heterocycles. The predicted molar refractivity (Wildman–Crippen MR) is 137 cm³/mol. The first-order valence-electron chi connectivity index (χ1n) is 12.6. The highest BCUT2D eigenvalue weighted by molar-refractivity contribution is 5.95. The second-order valence-corrected chi connectivity index (χ2v) is 9.20. The van der Waals surface area contributed by atoms with Gasteiger partial charge in [0.25, 0.3) is 5.91 Å². The van der Waals surface area contributed by atoms with E-state index < -0.39 is 17.8 Å². The van der Waals surface area contributed by atoms with Gasteiger partial charge in [-0.2, -0.15) is 0 Å². The molecule has 9 heteroatoms. The number of carbonyl (C=O) groups is 3. The molecule has 2 aromatic carbocycles. The Morgan fingerprint density at radius 2 is 1.76 bits per heavy atom. The molecule has 196 valence electrons. The van der Waals surface area contributed by atoms with E-state index in [-0.39, 0.29) is 18.5 Å². The van der Waals surface area contributed by atoms with Gasteiger partial charge in [0.15, 0.2) is 0 Å². The summed E-state index contributed by atoms with van der Waals surface area (Å²) in [6, 6.07) is 12.2. The van der Waals surface area contributed by atoms with Crippen molar-refractivity contribution in [3.05, 3.63) is 82.3 Å². The second kappa shape index (κ2) is 11.6. The largest absolute Gasteiger partial charge is 0.463 e. The maximum absolute atomic E-state index is 14.1. The van der Waals surface area contributed by atoms with Gasteiger partial charge in [0, 0.05) is 50.5 Å². The van der Waals surface area contributed by atoms with Crippen molar-refractivity contribution >= 4 is 17.9 Å². The number of urea groups is 1. The Labute approximate surface area is 216 Å². The molecule has 2 aliphatic rings. The summed E-state index contributed by atoms with van der Waals surface area (Å²) in [5.41, 5.74) is 3.06. The summed E-state index contributed by atoms with van der Waals surface area (Å²) in [5, 5.41) is 2.85. The van der Waals surface area contributed by atoms with Gasteiger partial charge in [-0.3, -0.25) is 14.6 Å². The molecule has 0 aromatic heterocycles. The predicted octanol–water partition coefficient (Wildman–Crippen LogP) is 3.50. The third-order valence-electron chi connectivity index (χ3n) is 6.76. The number of aryl methyl sites for hydroxylation is 1. The number of halogens is 1. The summed E-state index contributed by atoms with van der Waals surface area (Å²) < 4.78 is 19.4. The van der Waals surface area contributed by atoms with Crippen LogP contribution in [0.5, 0.6) is 0 Å². The summed E-state index contributed by atoms with van der Waals surface area (Å²) >= 11 is 0. The van der Waals surface area contributed by atoms with Gasteiger partial charge in [0.05, 0.1) is 18.2 Å². The molecule has 0 bridgehead atoms.